The molecule has 1 aromatic heterocycles. The Bertz CT molecular complexity index is 3240. The topological polar surface area (TPSA) is 38.7 Å². The van der Waals surface area contributed by atoms with E-state index in [4.69, 9.17) is 15.0 Å². The molecule has 11 aromatic rings. The van der Waals surface area contributed by atoms with Crippen LogP contribution in [0.25, 0.3) is 89.8 Å². The van der Waals surface area contributed by atoms with Crippen LogP contribution in [-0.4, -0.2) is 15.0 Å². The molecule has 0 unspecified atom stereocenters. The molecule has 0 radical (unpaired) electrons. The lowest BCUT2D eigenvalue weighted by Crippen LogP contribution is -2.29. The number of benzene rings is 10. The van der Waals surface area contributed by atoms with Gasteiger partial charge in [-0.2, -0.15) is 0 Å². The Kier molecular flexibility index (Phi) is 10.1. The number of aromatic nitrogens is 3. The first-order chi connectivity index (χ1) is 33.2. The van der Waals surface area contributed by atoms with Crippen LogP contribution in [0.2, 0.25) is 0 Å². The molecule has 0 bridgehead atoms. The van der Waals surface area contributed by atoms with Crippen molar-refractivity contribution in [2.75, 3.05) is 0 Å². The van der Waals surface area contributed by atoms with Crippen LogP contribution in [0.15, 0.2) is 261 Å². The molecule has 10 aromatic carbocycles. The van der Waals surface area contributed by atoms with Crippen molar-refractivity contribution in [3.63, 3.8) is 0 Å². The third kappa shape index (κ3) is 7.24. The van der Waals surface area contributed by atoms with E-state index in [1.54, 1.807) is 0 Å². The fourth-order valence-electron chi connectivity index (χ4n) is 10.0. The zero-order chi connectivity index (χ0) is 44.6. The Morgan fingerprint density at radius 2 is 0.522 bits per heavy atom. The van der Waals surface area contributed by atoms with Gasteiger partial charge < -0.3 is 0 Å². The summed E-state index contributed by atoms with van der Waals surface area (Å²) in [4.78, 5) is 15.6. The van der Waals surface area contributed by atoms with Gasteiger partial charge in [0, 0.05) is 16.7 Å². The van der Waals surface area contributed by atoms with Crippen LogP contribution in [0.1, 0.15) is 22.3 Å². The summed E-state index contributed by atoms with van der Waals surface area (Å²) in [7, 11) is 0. The van der Waals surface area contributed by atoms with Crippen molar-refractivity contribution in [1.82, 2.24) is 15.0 Å². The number of hydrogen-bond donors (Lipinski definition) is 0. The van der Waals surface area contributed by atoms with Crippen LogP contribution < -0.4 is 0 Å². The van der Waals surface area contributed by atoms with Gasteiger partial charge in [-0.25, -0.2) is 15.0 Å². The second-order valence-corrected chi connectivity index (χ2v) is 17.2. The first-order valence-electron chi connectivity index (χ1n) is 22.8. The highest BCUT2D eigenvalue weighted by Gasteiger charge is 2.47. The molecule has 0 aliphatic heterocycles. The van der Waals surface area contributed by atoms with Gasteiger partial charge in [-0.15, -0.1) is 0 Å². The zero-order valence-electron chi connectivity index (χ0n) is 36.7. The number of hydrogen-bond acceptors (Lipinski definition) is 3. The van der Waals surface area contributed by atoms with Crippen molar-refractivity contribution >= 4 is 0 Å². The molecular formula is C64H43N3. The van der Waals surface area contributed by atoms with E-state index in [-0.39, 0.29) is 0 Å². The maximum Gasteiger partial charge on any atom is 0.164 e. The van der Waals surface area contributed by atoms with Gasteiger partial charge in [0.25, 0.3) is 0 Å². The Balaban J connectivity index is 1.20. The first kappa shape index (κ1) is 39.8. The van der Waals surface area contributed by atoms with Crippen LogP contribution in [0.3, 0.4) is 0 Å². The average Bonchev–Trinajstić information content (AvgIpc) is 3.72. The maximum atomic E-state index is 5.26. The summed E-state index contributed by atoms with van der Waals surface area (Å²) in [5.74, 6) is 1.88. The molecule has 3 heteroatoms. The van der Waals surface area contributed by atoms with E-state index in [0.717, 1.165) is 61.2 Å². The summed E-state index contributed by atoms with van der Waals surface area (Å²) in [6, 6.07) is 93.8. The number of nitrogens with zero attached hydrogens (tertiary/aromatic N) is 3. The maximum absolute atomic E-state index is 5.26. The SMILES string of the molecule is c1ccc(-c2cc(-c3ccccc3)cc(C3(c4cc(-c5ccccc5)cc(-c5ccccc5)c4)c4ccccc4-c4ccc(-c5nc(-c6ccccc6)nc(-c6ccccc6)n5)cc43)c2)cc1. The van der Waals surface area contributed by atoms with Crippen LogP contribution in [0.5, 0.6) is 0 Å². The molecule has 1 aliphatic carbocycles. The Morgan fingerprint density at radius 1 is 0.209 bits per heavy atom. The van der Waals surface area contributed by atoms with Crippen molar-refractivity contribution in [2.24, 2.45) is 0 Å². The quantitative estimate of drug-likeness (QED) is 0.145. The highest BCUT2D eigenvalue weighted by atomic mass is 15.0. The van der Waals surface area contributed by atoms with E-state index in [9.17, 15) is 0 Å². The molecule has 67 heavy (non-hydrogen) atoms. The third-order valence-corrected chi connectivity index (χ3v) is 13.2. The van der Waals surface area contributed by atoms with Crippen molar-refractivity contribution in [1.29, 1.82) is 0 Å². The third-order valence-electron chi connectivity index (χ3n) is 13.2. The summed E-state index contributed by atoms with van der Waals surface area (Å²) >= 11 is 0. The molecule has 12 rings (SSSR count). The van der Waals surface area contributed by atoms with Crippen molar-refractivity contribution in [2.45, 2.75) is 5.41 Å². The monoisotopic (exact) mass is 853 g/mol. The largest absolute Gasteiger partial charge is 0.208 e. The predicted molar refractivity (Wildman–Crippen MR) is 275 cm³/mol. The lowest BCUT2D eigenvalue weighted by Gasteiger charge is -2.35. The van der Waals surface area contributed by atoms with Crippen molar-refractivity contribution in [3.05, 3.63) is 283 Å². The molecule has 1 aliphatic rings. The molecule has 0 amide bonds. The molecule has 1 heterocycles. The fourth-order valence-corrected chi connectivity index (χ4v) is 10.0. The standard InChI is InChI=1S/C64H43N3/c1-7-21-44(22-8-1)51-37-52(45-23-9-2-10-24-45)40-55(39-51)64(56-41-53(46-25-11-3-12-26-46)38-54(42-56)47-27-13-4-14-28-47)59-34-20-19-33-57(59)58-36-35-50(43-60(58)64)63-66-61(48-29-15-5-16-30-48)65-62(67-63)49-31-17-6-18-32-49/h1-43H. The van der Waals surface area contributed by atoms with Gasteiger partial charge in [0.1, 0.15) is 0 Å². The lowest BCUT2D eigenvalue weighted by molar-refractivity contribution is 0.770. The molecule has 314 valence electrons. The van der Waals surface area contributed by atoms with Crippen LogP contribution in [0.4, 0.5) is 0 Å². The first-order valence-corrected chi connectivity index (χ1v) is 22.8. The van der Waals surface area contributed by atoms with E-state index in [2.05, 4.69) is 224 Å². The number of fused-ring (bicyclic) bond motifs is 3. The van der Waals surface area contributed by atoms with E-state index >= 15 is 0 Å². The zero-order valence-corrected chi connectivity index (χ0v) is 36.7. The van der Waals surface area contributed by atoms with E-state index in [0.29, 0.717) is 17.5 Å². The molecule has 0 saturated carbocycles. The Labute approximate surface area is 391 Å². The van der Waals surface area contributed by atoms with Gasteiger partial charge in [0.05, 0.1) is 5.41 Å². The minimum absolute atomic E-state index is 0.617. The Morgan fingerprint density at radius 3 is 0.910 bits per heavy atom. The normalized spacial score (nSPS) is 12.3. The van der Waals surface area contributed by atoms with Crippen molar-refractivity contribution in [3.8, 4) is 89.8 Å². The highest BCUT2D eigenvalue weighted by molar-refractivity contribution is 5.91. The number of rotatable bonds is 9. The van der Waals surface area contributed by atoms with Gasteiger partial charge in [-0.3, -0.25) is 0 Å². The molecule has 3 nitrogen and oxygen atoms in total. The van der Waals surface area contributed by atoms with Gasteiger partial charge >= 0.3 is 0 Å². The van der Waals surface area contributed by atoms with E-state index < -0.39 is 5.41 Å². The molecule has 0 fully saturated rings. The van der Waals surface area contributed by atoms with E-state index in [1.165, 1.54) is 33.4 Å². The predicted octanol–water partition coefficient (Wildman–Crippen LogP) is 15.9. The van der Waals surface area contributed by atoms with Crippen LogP contribution in [0, 0.1) is 0 Å². The molecular weight excluding hydrogens is 811 g/mol. The van der Waals surface area contributed by atoms with Gasteiger partial charge in [-0.1, -0.05) is 218 Å². The smallest absolute Gasteiger partial charge is 0.164 e. The Hall–Kier alpha value is -8.79. The summed E-state index contributed by atoms with van der Waals surface area (Å²) < 4.78 is 0. The molecule has 0 N–H and O–H groups in total. The minimum atomic E-state index is -0.803. The van der Waals surface area contributed by atoms with Crippen molar-refractivity contribution < 1.29 is 0 Å². The van der Waals surface area contributed by atoms with Gasteiger partial charge in [0.15, 0.2) is 17.5 Å². The molecule has 0 atom stereocenters. The van der Waals surface area contributed by atoms with Gasteiger partial charge in [-0.05, 0) is 120 Å². The second kappa shape index (κ2) is 17.0. The average molecular weight is 854 g/mol. The minimum Gasteiger partial charge on any atom is -0.208 e. The van der Waals surface area contributed by atoms with E-state index in [1.807, 2.05) is 36.4 Å². The molecule has 0 spiro atoms. The molecule has 0 saturated heterocycles. The van der Waals surface area contributed by atoms with Gasteiger partial charge in [0.2, 0.25) is 0 Å². The second-order valence-electron chi connectivity index (χ2n) is 17.2. The summed E-state index contributed by atoms with van der Waals surface area (Å²) in [5.41, 5.74) is 18.3. The lowest BCUT2D eigenvalue weighted by atomic mass is 9.66. The highest BCUT2D eigenvalue weighted by Crippen LogP contribution is 2.58. The fraction of sp³-hybridized carbons (Fsp3) is 0.0156. The summed E-state index contributed by atoms with van der Waals surface area (Å²) in [6.45, 7) is 0. The van der Waals surface area contributed by atoms with Crippen LogP contribution >= 0.6 is 0 Å². The summed E-state index contributed by atoms with van der Waals surface area (Å²) in [6.07, 6.45) is 0. The van der Waals surface area contributed by atoms with Crippen LogP contribution in [-0.2, 0) is 5.41 Å². The summed E-state index contributed by atoms with van der Waals surface area (Å²) in [5, 5.41) is 0.